The van der Waals surface area contributed by atoms with Crippen LogP contribution in [-0.2, 0) is 26.5 Å². The molecule has 8 nitrogen and oxygen atoms in total. The highest BCUT2D eigenvalue weighted by atomic mass is 19.4. The van der Waals surface area contributed by atoms with Gasteiger partial charge in [0.2, 0.25) is 0 Å². The number of carboxylic acids is 1. The maximum absolute atomic E-state index is 12.9. The second-order valence-corrected chi connectivity index (χ2v) is 7.12. The van der Waals surface area contributed by atoms with E-state index < -0.39 is 35.5 Å². The molecule has 0 fully saturated rings. The van der Waals surface area contributed by atoms with Crippen molar-refractivity contribution in [2.45, 2.75) is 50.9 Å². The fraction of sp³-hybridized carbons (Fsp3) is 0.529. The minimum atomic E-state index is -4.60. The summed E-state index contributed by atoms with van der Waals surface area (Å²) in [5, 5.41) is 17.6. The number of benzene rings is 1. The van der Waals surface area contributed by atoms with Crippen molar-refractivity contribution in [3.63, 3.8) is 0 Å². The zero-order valence-corrected chi connectivity index (χ0v) is 15.4. The molecule has 154 valence electrons. The van der Waals surface area contributed by atoms with Gasteiger partial charge in [-0.25, -0.2) is 9.59 Å². The fourth-order valence-corrected chi connectivity index (χ4v) is 2.20. The van der Waals surface area contributed by atoms with Crippen LogP contribution in [0.3, 0.4) is 0 Å². The molecule has 0 saturated carbocycles. The molecule has 28 heavy (non-hydrogen) atoms. The highest BCUT2D eigenvalue weighted by molar-refractivity contribution is 5.80. The quantitative estimate of drug-likeness (QED) is 0.726. The van der Waals surface area contributed by atoms with Crippen molar-refractivity contribution in [1.82, 2.24) is 5.32 Å². The number of alkyl carbamates (subject to hydrolysis) is 1. The number of hydrogen-bond acceptors (Lipinski definition) is 6. The van der Waals surface area contributed by atoms with E-state index in [1.807, 2.05) is 0 Å². The maximum Gasteiger partial charge on any atom is 0.442 e. The van der Waals surface area contributed by atoms with Crippen molar-refractivity contribution >= 4 is 12.1 Å². The van der Waals surface area contributed by atoms with E-state index in [2.05, 4.69) is 15.5 Å². The molecule has 1 aromatic rings. The van der Waals surface area contributed by atoms with Crippen molar-refractivity contribution < 1.29 is 37.3 Å². The Morgan fingerprint density at radius 1 is 1.18 bits per heavy atom. The Labute approximate surface area is 158 Å². The van der Waals surface area contributed by atoms with Gasteiger partial charge in [0.15, 0.2) is 6.04 Å². The van der Waals surface area contributed by atoms with Crippen LogP contribution in [0.15, 0.2) is 34.5 Å². The van der Waals surface area contributed by atoms with Gasteiger partial charge in [-0.2, -0.15) is 13.2 Å². The van der Waals surface area contributed by atoms with Gasteiger partial charge in [0, 0.05) is 5.56 Å². The molecular weight excluding hydrogens is 383 g/mol. The SMILES string of the molecule is CC(C)(C)OC(=O)N[C@@H](COCc1ccc(C2(C(F)(F)F)N=N2)cc1)C(=O)O. The average Bonchev–Trinajstić information content (AvgIpc) is 3.34. The van der Waals surface area contributed by atoms with E-state index in [0.29, 0.717) is 5.56 Å². The second kappa shape index (κ2) is 7.74. The topological polar surface area (TPSA) is 110 Å². The van der Waals surface area contributed by atoms with Crippen LogP contribution in [-0.4, -0.2) is 41.6 Å². The number of nitrogens with zero attached hydrogens (tertiary/aromatic N) is 2. The molecule has 0 spiro atoms. The smallest absolute Gasteiger partial charge is 0.442 e. The molecule has 1 aromatic carbocycles. The van der Waals surface area contributed by atoms with Gasteiger partial charge in [-0.15, -0.1) is 10.2 Å². The lowest BCUT2D eigenvalue weighted by Gasteiger charge is -2.22. The zero-order chi connectivity index (χ0) is 21.2. The third kappa shape index (κ3) is 5.41. The van der Waals surface area contributed by atoms with E-state index in [1.54, 1.807) is 20.8 Å². The summed E-state index contributed by atoms with van der Waals surface area (Å²) < 4.78 is 49.1. The molecule has 0 radical (unpaired) electrons. The largest absolute Gasteiger partial charge is 0.480 e. The van der Waals surface area contributed by atoms with Crippen LogP contribution in [0.25, 0.3) is 0 Å². The van der Waals surface area contributed by atoms with Gasteiger partial charge < -0.3 is 19.9 Å². The molecule has 0 aromatic heterocycles. The molecule has 11 heteroatoms. The molecule has 2 N–H and O–H groups in total. The number of hydrogen-bond donors (Lipinski definition) is 2. The Bertz CT molecular complexity index is 751. The van der Waals surface area contributed by atoms with Crippen LogP contribution in [0.4, 0.5) is 18.0 Å². The van der Waals surface area contributed by atoms with Gasteiger partial charge in [0.05, 0.1) is 13.2 Å². The lowest BCUT2D eigenvalue weighted by molar-refractivity contribution is -0.166. The minimum Gasteiger partial charge on any atom is -0.480 e. The summed E-state index contributed by atoms with van der Waals surface area (Å²) in [7, 11) is 0. The summed E-state index contributed by atoms with van der Waals surface area (Å²) in [6.45, 7) is 4.48. The summed E-state index contributed by atoms with van der Waals surface area (Å²) >= 11 is 0. The van der Waals surface area contributed by atoms with Gasteiger partial charge in [-0.3, -0.25) is 0 Å². The number of carboxylic acid groups (broad SMARTS) is 1. The average molecular weight is 403 g/mol. The van der Waals surface area contributed by atoms with E-state index in [4.69, 9.17) is 14.6 Å². The monoisotopic (exact) mass is 403 g/mol. The Morgan fingerprint density at radius 2 is 1.75 bits per heavy atom. The molecule has 1 heterocycles. The second-order valence-electron chi connectivity index (χ2n) is 7.12. The number of amides is 1. The first kappa shape index (κ1) is 21.6. The van der Waals surface area contributed by atoms with Crippen molar-refractivity contribution in [3.05, 3.63) is 35.4 Å². The molecule has 1 amide bonds. The minimum absolute atomic E-state index is 0.0621. The van der Waals surface area contributed by atoms with E-state index in [0.717, 1.165) is 0 Å². The first-order valence-corrected chi connectivity index (χ1v) is 8.24. The van der Waals surface area contributed by atoms with Crippen LogP contribution in [0, 0.1) is 0 Å². The Morgan fingerprint density at radius 3 is 2.18 bits per heavy atom. The molecule has 0 unspecified atom stereocenters. The molecule has 1 aliphatic rings. The third-order valence-corrected chi connectivity index (χ3v) is 3.59. The molecule has 0 aliphatic carbocycles. The van der Waals surface area contributed by atoms with Gasteiger partial charge in [-0.1, -0.05) is 24.3 Å². The zero-order valence-electron chi connectivity index (χ0n) is 15.4. The highest BCUT2D eigenvalue weighted by Crippen LogP contribution is 2.52. The van der Waals surface area contributed by atoms with Crippen LogP contribution < -0.4 is 5.32 Å². The lowest BCUT2D eigenvalue weighted by Crippen LogP contribution is -2.46. The van der Waals surface area contributed by atoms with Gasteiger partial charge >= 0.3 is 23.9 Å². The number of carbonyl (C=O) groups excluding carboxylic acids is 1. The molecule has 1 atom stereocenters. The third-order valence-electron chi connectivity index (χ3n) is 3.59. The molecule has 0 saturated heterocycles. The molecule has 2 rings (SSSR count). The van der Waals surface area contributed by atoms with Crippen LogP contribution in [0.1, 0.15) is 31.9 Å². The number of nitrogens with one attached hydrogen (secondary N) is 1. The predicted octanol–water partition coefficient (Wildman–Crippen LogP) is 3.36. The normalized spacial score (nSPS) is 16.4. The summed E-state index contributed by atoms with van der Waals surface area (Å²) in [5.74, 6) is -1.31. The van der Waals surface area contributed by atoms with Crippen LogP contribution >= 0.6 is 0 Å². The number of ether oxygens (including phenoxy) is 2. The number of alkyl halides is 3. The summed E-state index contributed by atoms with van der Waals surface area (Å²) in [6.07, 6.45) is -5.50. The Hall–Kier alpha value is -2.69. The van der Waals surface area contributed by atoms with E-state index >= 15 is 0 Å². The summed E-state index contributed by atoms with van der Waals surface area (Å²) in [5.41, 5.74) is -2.87. The molecule has 1 aliphatic heterocycles. The Kier molecular flexibility index (Phi) is 5.97. The predicted molar refractivity (Wildman–Crippen MR) is 89.5 cm³/mol. The summed E-state index contributed by atoms with van der Waals surface area (Å²) in [6, 6.07) is 3.94. The van der Waals surface area contributed by atoms with Crippen molar-refractivity contribution in [2.24, 2.45) is 10.2 Å². The Balaban J connectivity index is 1.87. The van der Waals surface area contributed by atoms with E-state index in [1.165, 1.54) is 24.3 Å². The van der Waals surface area contributed by atoms with Crippen LogP contribution in [0.2, 0.25) is 0 Å². The summed E-state index contributed by atoms with van der Waals surface area (Å²) in [4.78, 5) is 22.9. The number of halogens is 3. The lowest BCUT2D eigenvalue weighted by atomic mass is 10.0. The van der Waals surface area contributed by atoms with E-state index in [9.17, 15) is 22.8 Å². The van der Waals surface area contributed by atoms with Crippen molar-refractivity contribution in [1.29, 1.82) is 0 Å². The fourth-order valence-electron chi connectivity index (χ4n) is 2.20. The first-order chi connectivity index (χ1) is 12.8. The standard InChI is InChI=1S/C17H20F3N3O5/c1-15(2,3)28-14(26)21-12(13(24)25)9-27-8-10-4-6-11(7-5-10)16(22-23-16)17(18,19)20/h4-7,12H,8-9H2,1-3H3,(H,21,26)(H,24,25)/t12-/m0/s1. The highest BCUT2D eigenvalue weighted by Gasteiger charge is 2.65. The molecule has 0 bridgehead atoms. The van der Waals surface area contributed by atoms with Gasteiger partial charge in [0.1, 0.15) is 5.60 Å². The molecular formula is C17H20F3N3O5. The maximum atomic E-state index is 12.9. The van der Waals surface area contributed by atoms with E-state index in [-0.39, 0.29) is 18.8 Å². The number of carbonyl (C=O) groups is 2. The van der Waals surface area contributed by atoms with Crippen LogP contribution in [0.5, 0.6) is 0 Å². The number of aliphatic carboxylic acids is 1. The van der Waals surface area contributed by atoms with Gasteiger partial charge in [0.25, 0.3) is 0 Å². The number of rotatable bonds is 7. The first-order valence-electron chi connectivity index (χ1n) is 8.24. The van der Waals surface area contributed by atoms with Crippen molar-refractivity contribution in [3.8, 4) is 0 Å². The van der Waals surface area contributed by atoms with Gasteiger partial charge in [-0.05, 0) is 26.3 Å². The van der Waals surface area contributed by atoms with Crippen molar-refractivity contribution in [2.75, 3.05) is 6.61 Å².